The Morgan fingerprint density at radius 1 is 0.250 bits per heavy atom. The van der Waals surface area contributed by atoms with E-state index in [4.69, 9.17) is 15.0 Å². The Morgan fingerprint density at radius 3 is 1.19 bits per heavy atom. The van der Waals surface area contributed by atoms with Gasteiger partial charge in [-0.1, -0.05) is 231 Å². The second kappa shape index (κ2) is 16.4. The zero-order chi connectivity index (χ0) is 45.0. The third-order valence-corrected chi connectivity index (χ3v) is 13.2. The number of aromatic nitrogens is 5. The molecule has 0 amide bonds. The van der Waals surface area contributed by atoms with Crippen LogP contribution in [0, 0.1) is 0 Å². The number of rotatable bonds is 8. The van der Waals surface area contributed by atoms with Crippen LogP contribution in [0.2, 0.25) is 0 Å². The van der Waals surface area contributed by atoms with Gasteiger partial charge >= 0.3 is 0 Å². The van der Waals surface area contributed by atoms with Gasteiger partial charge in [-0.05, 0) is 57.1 Å². The van der Waals surface area contributed by atoms with Crippen LogP contribution in [-0.2, 0) is 0 Å². The summed E-state index contributed by atoms with van der Waals surface area (Å²) in [6, 6.07) is 88.2. The second-order valence-corrected chi connectivity index (χ2v) is 17.2. The highest BCUT2D eigenvalue weighted by Gasteiger charge is 2.25. The average Bonchev–Trinajstić information content (AvgIpc) is 3.95. The standard InChI is InChI=1S/C63H41N5/c1-5-18-42(19-6-1)43-32-34-44(35-33-43)45-36-38-49(39-37-45)62-64-61(48-24-11-4-12-25-48)65-63(66-62)68-56-30-16-14-27-52(56)54-41-40-53-51-26-13-15-29-55(51)67(59(53)60(54)68)57-31-17-28-50(46-20-7-2-8-21-46)58(57)47-22-9-3-10-23-47/h1-41H. The fourth-order valence-electron chi connectivity index (χ4n) is 10.1. The maximum absolute atomic E-state index is 5.43. The van der Waals surface area contributed by atoms with Gasteiger partial charge in [0.05, 0.1) is 27.8 Å². The molecule has 0 saturated heterocycles. The maximum atomic E-state index is 5.43. The highest BCUT2D eigenvalue weighted by Crippen LogP contribution is 2.45. The molecule has 3 heterocycles. The van der Waals surface area contributed by atoms with Gasteiger partial charge in [0.15, 0.2) is 11.6 Å². The third kappa shape index (κ3) is 6.59. The largest absolute Gasteiger partial charge is 0.307 e. The van der Waals surface area contributed by atoms with Crippen molar-refractivity contribution < 1.29 is 0 Å². The minimum atomic E-state index is 0.547. The van der Waals surface area contributed by atoms with Gasteiger partial charge in [-0.2, -0.15) is 9.97 Å². The normalized spacial score (nSPS) is 11.5. The number of hydrogen-bond acceptors (Lipinski definition) is 3. The lowest BCUT2D eigenvalue weighted by atomic mass is 9.93. The monoisotopic (exact) mass is 867 g/mol. The van der Waals surface area contributed by atoms with Gasteiger partial charge in [-0.15, -0.1) is 0 Å². The molecule has 5 nitrogen and oxygen atoms in total. The predicted octanol–water partition coefficient (Wildman–Crippen LogP) is 16.1. The number of para-hydroxylation sites is 2. The van der Waals surface area contributed by atoms with E-state index in [9.17, 15) is 0 Å². The molecule has 0 radical (unpaired) electrons. The predicted molar refractivity (Wildman–Crippen MR) is 281 cm³/mol. The summed E-state index contributed by atoms with van der Waals surface area (Å²) in [7, 11) is 0. The summed E-state index contributed by atoms with van der Waals surface area (Å²) in [4.78, 5) is 16.0. The van der Waals surface area contributed by atoms with E-state index in [0.29, 0.717) is 17.6 Å². The minimum absolute atomic E-state index is 0.547. The van der Waals surface area contributed by atoms with Crippen LogP contribution in [0.15, 0.2) is 249 Å². The van der Waals surface area contributed by atoms with E-state index in [-0.39, 0.29) is 0 Å². The zero-order valence-corrected chi connectivity index (χ0v) is 36.9. The molecular weight excluding hydrogens is 827 g/mol. The first-order valence-electron chi connectivity index (χ1n) is 23.0. The molecule has 13 aromatic rings. The first-order chi connectivity index (χ1) is 33.7. The summed E-state index contributed by atoms with van der Waals surface area (Å²) in [5, 5.41) is 4.55. The van der Waals surface area contributed by atoms with E-state index in [1.165, 1.54) is 16.5 Å². The van der Waals surface area contributed by atoms with E-state index in [1.54, 1.807) is 0 Å². The van der Waals surface area contributed by atoms with Crippen molar-refractivity contribution in [1.29, 1.82) is 0 Å². The molecule has 5 heteroatoms. The molecular formula is C63H41N5. The van der Waals surface area contributed by atoms with Crippen molar-refractivity contribution in [2.45, 2.75) is 0 Å². The van der Waals surface area contributed by atoms with Gasteiger partial charge < -0.3 is 4.57 Å². The lowest BCUT2D eigenvalue weighted by Gasteiger charge is -2.19. The molecule has 10 aromatic carbocycles. The zero-order valence-electron chi connectivity index (χ0n) is 36.9. The first kappa shape index (κ1) is 39.2. The summed E-state index contributed by atoms with van der Waals surface area (Å²) in [5.74, 6) is 1.75. The quantitative estimate of drug-likeness (QED) is 0.153. The topological polar surface area (TPSA) is 48.5 Å². The van der Waals surface area contributed by atoms with Crippen molar-refractivity contribution in [3.05, 3.63) is 249 Å². The van der Waals surface area contributed by atoms with Crippen molar-refractivity contribution in [2.75, 3.05) is 0 Å². The molecule has 0 bridgehead atoms. The van der Waals surface area contributed by atoms with E-state index in [1.807, 2.05) is 24.3 Å². The van der Waals surface area contributed by atoms with Crippen LogP contribution >= 0.6 is 0 Å². The number of nitrogens with zero attached hydrogens (tertiary/aromatic N) is 5. The summed E-state index contributed by atoms with van der Waals surface area (Å²) in [6.45, 7) is 0. The molecule has 68 heavy (non-hydrogen) atoms. The van der Waals surface area contributed by atoms with Crippen molar-refractivity contribution in [3.63, 3.8) is 0 Å². The van der Waals surface area contributed by atoms with Crippen LogP contribution in [0.1, 0.15) is 0 Å². The van der Waals surface area contributed by atoms with Crippen molar-refractivity contribution in [2.24, 2.45) is 0 Å². The Balaban J connectivity index is 1.07. The van der Waals surface area contributed by atoms with Crippen molar-refractivity contribution in [1.82, 2.24) is 24.1 Å². The highest BCUT2D eigenvalue weighted by molar-refractivity contribution is 6.24. The van der Waals surface area contributed by atoms with Crippen molar-refractivity contribution >= 4 is 43.6 Å². The van der Waals surface area contributed by atoms with Crippen LogP contribution in [0.3, 0.4) is 0 Å². The Labute approximate surface area is 393 Å². The van der Waals surface area contributed by atoms with Crippen LogP contribution in [-0.4, -0.2) is 24.1 Å². The van der Waals surface area contributed by atoms with Crippen LogP contribution in [0.5, 0.6) is 0 Å². The first-order valence-corrected chi connectivity index (χ1v) is 23.0. The van der Waals surface area contributed by atoms with Gasteiger partial charge in [0.25, 0.3) is 0 Å². The Hall–Kier alpha value is -9.19. The molecule has 0 aliphatic carbocycles. The molecule has 0 aliphatic rings. The maximum Gasteiger partial charge on any atom is 0.238 e. The molecule has 0 unspecified atom stereocenters. The molecule has 0 N–H and O–H groups in total. The van der Waals surface area contributed by atoms with Gasteiger partial charge in [0, 0.05) is 38.2 Å². The van der Waals surface area contributed by atoms with E-state index in [2.05, 4.69) is 234 Å². The fraction of sp³-hybridized carbons (Fsp3) is 0. The van der Waals surface area contributed by atoms with Gasteiger partial charge in [0.1, 0.15) is 0 Å². The molecule has 3 aromatic heterocycles. The van der Waals surface area contributed by atoms with Crippen LogP contribution in [0.4, 0.5) is 0 Å². The van der Waals surface area contributed by atoms with E-state index in [0.717, 1.165) is 88.4 Å². The third-order valence-electron chi connectivity index (χ3n) is 13.2. The lowest BCUT2D eigenvalue weighted by Crippen LogP contribution is -2.07. The smallest absolute Gasteiger partial charge is 0.238 e. The van der Waals surface area contributed by atoms with Crippen LogP contribution in [0.25, 0.3) is 123 Å². The SMILES string of the molecule is c1ccc(-c2ccc(-c3ccc(-c4nc(-c5ccccc5)nc(-n5c6ccccc6c6ccc7c8ccccc8n(-c8cccc(-c9ccccc9)c8-c8ccccc8)c7c65)n4)cc3)cc2)cc1. The molecule has 0 aliphatic heterocycles. The summed E-state index contributed by atoms with van der Waals surface area (Å²) < 4.78 is 4.74. The van der Waals surface area contributed by atoms with Gasteiger partial charge in [-0.3, -0.25) is 4.57 Å². The Morgan fingerprint density at radius 2 is 0.647 bits per heavy atom. The summed E-state index contributed by atoms with van der Waals surface area (Å²) >= 11 is 0. The molecule has 0 spiro atoms. The highest BCUT2D eigenvalue weighted by atomic mass is 15.2. The Kier molecular flexibility index (Phi) is 9.43. The molecule has 0 fully saturated rings. The number of benzene rings is 10. The molecule has 318 valence electrons. The summed E-state index contributed by atoms with van der Waals surface area (Å²) in [5.41, 5.74) is 16.4. The Bertz CT molecular complexity index is 3970. The number of fused-ring (bicyclic) bond motifs is 7. The van der Waals surface area contributed by atoms with E-state index >= 15 is 0 Å². The minimum Gasteiger partial charge on any atom is -0.307 e. The van der Waals surface area contributed by atoms with Crippen LogP contribution < -0.4 is 0 Å². The number of hydrogen-bond donors (Lipinski definition) is 0. The van der Waals surface area contributed by atoms with E-state index < -0.39 is 0 Å². The second-order valence-electron chi connectivity index (χ2n) is 17.2. The fourth-order valence-corrected chi connectivity index (χ4v) is 10.1. The van der Waals surface area contributed by atoms with Gasteiger partial charge in [0.2, 0.25) is 5.95 Å². The lowest BCUT2D eigenvalue weighted by molar-refractivity contribution is 0.953. The van der Waals surface area contributed by atoms with Crippen molar-refractivity contribution in [3.8, 4) is 78.9 Å². The average molecular weight is 868 g/mol. The molecule has 13 rings (SSSR count). The molecule has 0 atom stereocenters. The molecule has 0 saturated carbocycles. The van der Waals surface area contributed by atoms with Gasteiger partial charge in [-0.25, -0.2) is 4.98 Å². The summed E-state index contributed by atoms with van der Waals surface area (Å²) in [6.07, 6.45) is 0.